The maximum absolute atomic E-state index is 13.1. The number of rotatable bonds is 4. The maximum atomic E-state index is 13.1. The van der Waals surface area contributed by atoms with Crippen LogP contribution in [0.1, 0.15) is 35.2 Å². The lowest BCUT2D eigenvalue weighted by Gasteiger charge is -2.30. The van der Waals surface area contributed by atoms with Gasteiger partial charge in [-0.2, -0.15) is 0 Å². The number of hydrogen-bond donors (Lipinski definition) is 0. The zero-order valence-corrected chi connectivity index (χ0v) is 16.5. The largest absolute Gasteiger partial charge is 0.862 e. The van der Waals surface area contributed by atoms with Gasteiger partial charge in [-0.25, -0.2) is 0 Å². The molecule has 146 valence electrons. The normalized spacial score (nSPS) is 17.6. The monoisotopic (exact) mass is 385 g/mol. The molecule has 5 rings (SSSR count). The summed E-state index contributed by atoms with van der Waals surface area (Å²) in [6, 6.07) is 13.1. The summed E-state index contributed by atoms with van der Waals surface area (Å²) in [5.74, 6) is -0.161. The van der Waals surface area contributed by atoms with Crippen LogP contribution in [0.5, 0.6) is 0 Å². The van der Waals surface area contributed by atoms with Crippen LogP contribution in [0.2, 0.25) is 0 Å². The van der Waals surface area contributed by atoms with Gasteiger partial charge >= 0.3 is 0 Å². The summed E-state index contributed by atoms with van der Waals surface area (Å²) >= 11 is 0. The van der Waals surface area contributed by atoms with Crippen molar-refractivity contribution in [1.82, 2.24) is 4.98 Å². The number of fused-ring (bicyclic) bond motifs is 2. The molecule has 29 heavy (non-hydrogen) atoms. The van der Waals surface area contributed by atoms with Crippen LogP contribution >= 0.6 is 0 Å². The second-order valence-electron chi connectivity index (χ2n) is 8.38. The Balaban J connectivity index is 1.48. The quantitative estimate of drug-likeness (QED) is 0.307. The van der Waals surface area contributed by atoms with Gasteiger partial charge in [-0.15, -0.1) is 0 Å². The molecule has 0 amide bonds. The molecule has 5 nitrogen and oxygen atoms in total. The van der Waals surface area contributed by atoms with E-state index in [2.05, 4.69) is 17.0 Å². The van der Waals surface area contributed by atoms with E-state index < -0.39 is 0 Å². The highest BCUT2D eigenvalue weighted by atomic mass is 16.3. The van der Waals surface area contributed by atoms with E-state index in [0.29, 0.717) is 23.2 Å². The zero-order chi connectivity index (χ0) is 20.0. The molecule has 2 aromatic carbocycles. The molecule has 3 aromatic rings. The lowest BCUT2D eigenvalue weighted by Crippen LogP contribution is -2.43. The minimum atomic E-state index is -0.125. The highest BCUT2D eigenvalue weighted by Crippen LogP contribution is 2.39. The van der Waals surface area contributed by atoms with Crippen molar-refractivity contribution < 1.29 is 14.4 Å². The van der Waals surface area contributed by atoms with E-state index in [9.17, 15) is 9.90 Å². The van der Waals surface area contributed by atoms with Gasteiger partial charge in [0.15, 0.2) is 5.78 Å². The maximum Gasteiger partial charge on any atom is 0.194 e. The smallest absolute Gasteiger partial charge is 0.194 e. The summed E-state index contributed by atoms with van der Waals surface area (Å²) in [4.78, 5) is 21.9. The number of carbonyl (C=O) groups is 1. The standard InChI is InChI=1S/C24H23N3O2/c1-27(12-2-3-13-27)14-10-21(28)26-17-7-8-18-20(15-17)24(29)19-6-4-5-16-9-11-25-23(18)22(16)19/h4-9,11,15H,2-3,10,12-14H2,1H3. The van der Waals surface area contributed by atoms with E-state index in [0.717, 1.165) is 46.1 Å². The molecule has 0 unspecified atom stereocenters. The Labute approximate surface area is 169 Å². The number of aromatic nitrogens is 1. The van der Waals surface area contributed by atoms with E-state index in [1.54, 1.807) is 12.3 Å². The molecule has 2 heterocycles. The predicted octanol–water partition coefficient (Wildman–Crippen LogP) is 3.47. The van der Waals surface area contributed by atoms with Crippen LogP contribution in [0.15, 0.2) is 53.7 Å². The van der Waals surface area contributed by atoms with Crippen LogP contribution in [0.3, 0.4) is 0 Å². The van der Waals surface area contributed by atoms with Crippen LogP contribution in [-0.2, 0) is 0 Å². The topological polar surface area (TPSA) is 65.4 Å². The van der Waals surface area contributed by atoms with E-state index in [1.165, 1.54) is 12.8 Å². The summed E-state index contributed by atoms with van der Waals surface area (Å²) < 4.78 is 0.955. The SMILES string of the molecule is C[N+]1(CCC([O-])=Nc2ccc3c(c2)C(=O)c2cccc4ccnc-3c24)CCCC1. The Bertz CT molecular complexity index is 1150. The highest BCUT2D eigenvalue weighted by molar-refractivity contribution is 6.25. The summed E-state index contributed by atoms with van der Waals surface area (Å²) in [5.41, 5.74) is 3.39. The van der Waals surface area contributed by atoms with Crippen LogP contribution in [-0.4, -0.2) is 47.8 Å². The minimum Gasteiger partial charge on any atom is -0.862 e. The Hall–Kier alpha value is -3.05. The molecule has 0 N–H and O–H groups in total. The van der Waals surface area contributed by atoms with Crippen molar-refractivity contribution in [3.05, 3.63) is 59.8 Å². The van der Waals surface area contributed by atoms with Crippen molar-refractivity contribution in [2.75, 3.05) is 26.7 Å². The first kappa shape index (κ1) is 18.0. The number of pyridine rings is 1. The van der Waals surface area contributed by atoms with Gasteiger partial charge in [0.1, 0.15) is 0 Å². The third kappa shape index (κ3) is 3.12. The molecule has 0 saturated carbocycles. The average molecular weight is 385 g/mol. The number of benzene rings is 2. The third-order valence-electron chi connectivity index (χ3n) is 6.30. The lowest BCUT2D eigenvalue weighted by atomic mass is 9.85. The van der Waals surface area contributed by atoms with Gasteiger partial charge in [-0.1, -0.05) is 18.2 Å². The molecule has 0 bridgehead atoms. The first-order valence-corrected chi connectivity index (χ1v) is 10.2. The summed E-state index contributed by atoms with van der Waals surface area (Å²) in [5, 5.41) is 14.3. The molecule has 1 aromatic heterocycles. The average Bonchev–Trinajstić information content (AvgIpc) is 3.17. The molecule has 2 aliphatic rings. The first-order chi connectivity index (χ1) is 14.0. The zero-order valence-electron chi connectivity index (χ0n) is 16.5. The number of hydrogen-bond acceptors (Lipinski definition) is 4. The lowest BCUT2D eigenvalue weighted by molar-refractivity contribution is -0.897. The number of ketones is 1. The fraction of sp³-hybridized carbons (Fsp3) is 0.292. The van der Waals surface area contributed by atoms with Crippen molar-refractivity contribution in [2.45, 2.75) is 19.3 Å². The summed E-state index contributed by atoms with van der Waals surface area (Å²) in [7, 11) is 2.21. The van der Waals surface area contributed by atoms with Gasteiger partial charge in [0.25, 0.3) is 0 Å². The van der Waals surface area contributed by atoms with Gasteiger partial charge in [-0.05, 0) is 35.5 Å². The van der Waals surface area contributed by atoms with Gasteiger partial charge < -0.3 is 9.59 Å². The van der Waals surface area contributed by atoms with Crippen molar-refractivity contribution in [1.29, 1.82) is 0 Å². The molecule has 1 saturated heterocycles. The van der Waals surface area contributed by atoms with Gasteiger partial charge in [0.05, 0.1) is 38.1 Å². The van der Waals surface area contributed by atoms with Crippen molar-refractivity contribution in [3.63, 3.8) is 0 Å². The summed E-state index contributed by atoms with van der Waals surface area (Å²) in [6.07, 6.45) is 4.67. The second-order valence-corrected chi connectivity index (χ2v) is 8.38. The molecular weight excluding hydrogens is 362 g/mol. The predicted molar refractivity (Wildman–Crippen MR) is 112 cm³/mol. The van der Waals surface area contributed by atoms with Crippen LogP contribution in [0.25, 0.3) is 22.0 Å². The molecule has 0 atom stereocenters. The highest BCUT2D eigenvalue weighted by Gasteiger charge is 2.27. The summed E-state index contributed by atoms with van der Waals surface area (Å²) in [6.45, 7) is 3.10. The van der Waals surface area contributed by atoms with Crippen molar-refractivity contribution in [3.8, 4) is 11.3 Å². The van der Waals surface area contributed by atoms with Crippen LogP contribution < -0.4 is 5.11 Å². The van der Waals surface area contributed by atoms with E-state index in [1.807, 2.05) is 36.4 Å². The number of nitrogens with zero attached hydrogens (tertiary/aromatic N) is 3. The Morgan fingerprint density at radius 1 is 1.10 bits per heavy atom. The Morgan fingerprint density at radius 3 is 2.76 bits per heavy atom. The van der Waals surface area contributed by atoms with Crippen LogP contribution in [0, 0.1) is 0 Å². The van der Waals surface area contributed by atoms with Gasteiger partial charge in [0, 0.05) is 47.5 Å². The fourth-order valence-electron chi connectivity index (χ4n) is 4.65. The molecule has 5 heteroatoms. The third-order valence-corrected chi connectivity index (χ3v) is 6.30. The Kier molecular flexibility index (Phi) is 4.21. The minimum absolute atomic E-state index is 0.0364. The van der Waals surface area contributed by atoms with E-state index in [-0.39, 0.29) is 11.7 Å². The number of likely N-dealkylation sites (tertiary alicyclic amines) is 1. The van der Waals surface area contributed by atoms with E-state index >= 15 is 0 Å². The van der Waals surface area contributed by atoms with Gasteiger partial charge in [-0.3, -0.25) is 14.8 Å². The number of quaternary nitrogens is 1. The molecule has 1 fully saturated rings. The fourth-order valence-corrected chi connectivity index (χ4v) is 4.65. The Morgan fingerprint density at radius 2 is 1.93 bits per heavy atom. The first-order valence-electron chi connectivity index (χ1n) is 10.2. The molecule has 1 aliphatic heterocycles. The van der Waals surface area contributed by atoms with Crippen molar-refractivity contribution >= 4 is 28.1 Å². The molecule has 1 aliphatic carbocycles. The molecule has 0 radical (unpaired) electrons. The number of aliphatic imine (C=N–C) groups is 1. The molecular formula is C24H23N3O2. The van der Waals surface area contributed by atoms with Crippen LogP contribution in [0.4, 0.5) is 5.69 Å². The second kappa shape index (κ2) is 6.78. The van der Waals surface area contributed by atoms with E-state index in [4.69, 9.17) is 0 Å². The van der Waals surface area contributed by atoms with Crippen molar-refractivity contribution in [2.24, 2.45) is 4.99 Å². The number of carbonyl (C=O) groups excluding carboxylic acids is 1. The molecule has 0 spiro atoms. The van der Waals surface area contributed by atoms with Gasteiger partial charge in [0.2, 0.25) is 0 Å².